The molecule has 0 aliphatic carbocycles. The molecule has 0 spiro atoms. The van der Waals surface area contributed by atoms with Gasteiger partial charge in [0.2, 0.25) is 0 Å². The summed E-state index contributed by atoms with van der Waals surface area (Å²) < 4.78 is 11.1. The molecule has 46 heavy (non-hydrogen) atoms. The highest BCUT2D eigenvalue weighted by molar-refractivity contribution is 7.13. The van der Waals surface area contributed by atoms with Crippen molar-refractivity contribution in [1.82, 2.24) is 19.1 Å². The SMILES string of the molecule is Cc1cccc2c3cccc(C)c3n(-c3ccnc(-n4c5ccccc5c5ccc(Oc6cccc(-c7nccs7)c6)cc54)c3)c12. The van der Waals surface area contributed by atoms with Crippen molar-refractivity contribution in [1.29, 1.82) is 0 Å². The number of rotatable bonds is 5. The van der Waals surface area contributed by atoms with E-state index >= 15 is 0 Å². The number of aryl methyl sites for hydroxylation is 2. The zero-order valence-corrected chi connectivity index (χ0v) is 26.1. The van der Waals surface area contributed by atoms with Crippen LogP contribution in [0.5, 0.6) is 11.5 Å². The topological polar surface area (TPSA) is 44.9 Å². The molecule has 9 aromatic rings. The Morgan fingerprint density at radius 3 is 2.07 bits per heavy atom. The normalized spacial score (nSPS) is 11.7. The molecule has 9 rings (SSSR count). The molecule has 0 aliphatic heterocycles. The molecule has 0 saturated heterocycles. The second-order valence-electron chi connectivity index (χ2n) is 11.6. The molecule has 4 aromatic heterocycles. The van der Waals surface area contributed by atoms with E-state index < -0.39 is 0 Å². The average molecular weight is 613 g/mol. The Hall–Kier alpha value is -5.72. The predicted molar refractivity (Wildman–Crippen MR) is 190 cm³/mol. The maximum Gasteiger partial charge on any atom is 0.139 e. The van der Waals surface area contributed by atoms with Crippen LogP contribution in [0.15, 0.2) is 133 Å². The number of hydrogen-bond donors (Lipinski definition) is 0. The van der Waals surface area contributed by atoms with E-state index in [0.29, 0.717) is 0 Å². The van der Waals surface area contributed by atoms with Crippen molar-refractivity contribution in [3.05, 3.63) is 144 Å². The number of aromatic nitrogens is 4. The van der Waals surface area contributed by atoms with E-state index in [1.165, 1.54) is 38.3 Å². The summed E-state index contributed by atoms with van der Waals surface area (Å²) in [5.41, 5.74) is 9.18. The molecule has 0 fully saturated rings. The quantitative estimate of drug-likeness (QED) is 0.194. The highest BCUT2D eigenvalue weighted by Gasteiger charge is 2.18. The van der Waals surface area contributed by atoms with E-state index in [0.717, 1.165) is 50.0 Å². The minimum absolute atomic E-state index is 0.762. The Balaban J connectivity index is 1.23. The first-order valence-electron chi connectivity index (χ1n) is 15.3. The van der Waals surface area contributed by atoms with Gasteiger partial charge in [0.25, 0.3) is 0 Å². The molecule has 0 aliphatic rings. The smallest absolute Gasteiger partial charge is 0.139 e. The van der Waals surface area contributed by atoms with Crippen LogP contribution >= 0.6 is 11.3 Å². The van der Waals surface area contributed by atoms with Crippen LogP contribution in [0.1, 0.15) is 11.1 Å². The van der Waals surface area contributed by atoms with Crippen LogP contribution in [0.4, 0.5) is 0 Å². The lowest BCUT2D eigenvalue weighted by atomic mass is 10.1. The maximum atomic E-state index is 6.46. The molecule has 4 heterocycles. The molecule has 0 amide bonds. The largest absolute Gasteiger partial charge is 0.457 e. The summed E-state index contributed by atoms with van der Waals surface area (Å²) in [6.45, 7) is 4.38. The Bertz CT molecular complexity index is 2530. The van der Waals surface area contributed by atoms with Gasteiger partial charge in [-0.3, -0.25) is 4.57 Å². The first-order valence-corrected chi connectivity index (χ1v) is 16.2. The van der Waals surface area contributed by atoms with Crippen LogP contribution < -0.4 is 4.74 Å². The second kappa shape index (κ2) is 10.4. The van der Waals surface area contributed by atoms with E-state index in [9.17, 15) is 0 Å². The number of hydrogen-bond acceptors (Lipinski definition) is 4. The van der Waals surface area contributed by atoms with E-state index in [-0.39, 0.29) is 0 Å². The van der Waals surface area contributed by atoms with E-state index in [1.807, 2.05) is 42.0 Å². The number of fused-ring (bicyclic) bond motifs is 6. The van der Waals surface area contributed by atoms with Crippen molar-refractivity contribution in [2.45, 2.75) is 13.8 Å². The van der Waals surface area contributed by atoms with Gasteiger partial charge in [-0.05, 0) is 61.4 Å². The van der Waals surface area contributed by atoms with Crippen molar-refractivity contribution >= 4 is 54.9 Å². The third-order valence-electron chi connectivity index (χ3n) is 8.82. The lowest BCUT2D eigenvalue weighted by molar-refractivity contribution is 0.483. The lowest BCUT2D eigenvalue weighted by Crippen LogP contribution is -2.02. The van der Waals surface area contributed by atoms with Gasteiger partial charge in [0.15, 0.2) is 0 Å². The molecule has 5 nitrogen and oxygen atoms in total. The fourth-order valence-electron chi connectivity index (χ4n) is 6.84. The zero-order chi connectivity index (χ0) is 30.8. The summed E-state index contributed by atoms with van der Waals surface area (Å²) in [6.07, 6.45) is 3.75. The summed E-state index contributed by atoms with van der Waals surface area (Å²) in [7, 11) is 0. The summed E-state index contributed by atoms with van der Waals surface area (Å²) in [6, 6.07) is 40.4. The average Bonchev–Trinajstić information content (AvgIpc) is 3.82. The van der Waals surface area contributed by atoms with E-state index in [2.05, 4.69) is 119 Å². The summed E-state index contributed by atoms with van der Waals surface area (Å²) in [5, 5.41) is 7.80. The third kappa shape index (κ3) is 4.15. The summed E-state index contributed by atoms with van der Waals surface area (Å²) in [5.74, 6) is 2.38. The molecule has 5 aromatic carbocycles. The molecule has 6 heteroatoms. The fourth-order valence-corrected chi connectivity index (χ4v) is 7.48. The Labute approximate surface area is 269 Å². The summed E-state index contributed by atoms with van der Waals surface area (Å²) in [4.78, 5) is 9.42. The number of benzene rings is 5. The van der Waals surface area contributed by atoms with Crippen molar-refractivity contribution in [2.24, 2.45) is 0 Å². The zero-order valence-electron chi connectivity index (χ0n) is 25.3. The lowest BCUT2D eigenvalue weighted by Gasteiger charge is -2.14. The molecular weight excluding hydrogens is 585 g/mol. The van der Waals surface area contributed by atoms with Crippen molar-refractivity contribution in [3.8, 4) is 33.6 Å². The molecule has 0 N–H and O–H groups in total. The monoisotopic (exact) mass is 612 g/mol. The van der Waals surface area contributed by atoms with Crippen LogP contribution in [0, 0.1) is 13.8 Å². The van der Waals surface area contributed by atoms with Gasteiger partial charge in [0.1, 0.15) is 22.3 Å². The van der Waals surface area contributed by atoms with Gasteiger partial charge in [-0.2, -0.15) is 0 Å². The van der Waals surface area contributed by atoms with Gasteiger partial charge in [-0.15, -0.1) is 11.3 Å². The first-order chi connectivity index (χ1) is 22.6. The van der Waals surface area contributed by atoms with Gasteiger partial charge < -0.3 is 9.30 Å². The van der Waals surface area contributed by atoms with Crippen LogP contribution in [-0.2, 0) is 0 Å². The van der Waals surface area contributed by atoms with Crippen molar-refractivity contribution in [3.63, 3.8) is 0 Å². The minimum Gasteiger partial charge on any atom is -0.457 e. The van der Waals surface area contributed by atoms with Gasteiger partial charge in [0.05, 0.1) is 27.8 Å². The maximum absolute atomic E-state index is 6.46. The van der Waals surface area contributed by atoms with E-state index in [4.69, 9.17) is 9.72 Å². The Morgan fingerprint density at radius 1 is 0.565 bits per heavy atom. The van der Waals surface area contributed by atoms with Crippen molar-refractivity contribution < 1.29 is 4.74 Å². The van der Waals surface area contributed by atoms with Crippen molar-refractivity contribution in [2.75, 3.05) is 0 Å². The minimum atomic E-state index is 0.762. The number of para-hydroxylation sites is 3. The van der Waals surface area contributed by atoms with E-state index in [1.54, 1.807) is 11.3 Å². The van der Waals surface area contributed by atoms with Crippen LogP contribution in [-0.4, -0.2) is 19.1 Å². The molecule has 0 bridgehead atoms. The molecule has 220 valence electrons. The number of pyridine rings is 1. The highest BCUT2D eigenvalue weighted by atomic mass is 32.1. The fraction of sp³-hybridized carbons (Fsp3) is 0.0500. The first kappa shape index (κ1) is 26.7. The third-order valence-corrected chi connectivity index (χ3v) is 9.65. The Kier molecular flexibility index (Phi) is 6.05. The number of thiazole rings is 1. The van der Waals surface area contributed by atoms with Crippen LogP contribution in [0.2, 0.25) is 0 Å². The summed E-state index contributed by atoms with van der Waals surface area (Å²) >= 11 is 1.62. The van der Waals surface area contributed by atoms with Gasteiger partial charge in [-0.1, -0.05) is 66.7 Å². The Morgan fingerprint density at radius 2 is 1.28 bits per heavy atom. The highest BCUT2D eigenvalue weighted by Crippen LogP contribution is 2.38. The number of ether oxygens (including phenoxy) is 1. The molecular formula is C40H28N4OS. The van der Waals surface area contributed by atoms with Crippen LogP contribution in [0.25, 0.3) is 65.7 Å². The molecule has 0 saturated carbocycles. The van der Waals surface area contributed by atoms with Crippen LogP contribution in [0.3, 0.4) is 0 Å². The standard InChI is InChI=1S/C40H28N4OS/c1-25-8-5-13-33-34-14-6-9-26(2)39(34)43(38(25)33)28-18-19-41-37(23-28)44-35-15-4-3-12-31(35)32-17-16-30(24-36(32)44)45-29-11-7-10-27(22-29)40-42-20-21-46-40/h3-24H,1-2H3. The second-order valence-corrected chi connectivity index (χ2v) is 12.5. The van der Waals surface area contributed by atoms with Gasteiger partial charge >= 0.3 is 0 Å². The van der Waals surface area contributed by atoms with Gasteiger partial charge in [-0.25, -0.2) is 9.97 Å². The molecule has 0 radical (unpaired) electrons. The number of nitrogens with zero attached hydrogens (tertiary/aromatic N) is 4. The predicted octanol–water partition coefficient (Wildman–Crippen LogP) is 10.8. The molecule has 0 atom stereocenters. The molecule has 0 unspecified atom stereocenters. The van der Waals surface area contributed by atoms with Gasteiger partial charge in [0, 0.05) is 57.0 Å².